The molecule has 2 aliphatic heterocycles. The van der Waals surface area contributed by atoms with Crippen LogP contribution < -0.4 is 26.0 Å². The van der Waals surface area contributed by atoms with Crippen LogP contribution in [-0.2, 0) is 4.79 Å². The lowest BCUT2D eigenvalue weighted by Gasteiger charge is -2.17. The third kappa shape index (κ3) is 8.42. The summed E-state index contributed by atoms with van der Waals surface area (Å²) in [7, 11) is 0. The molecule has 5 rings (SSSR count). The molecule has 0 saturated carbocycles. The smallest absolute Gasteiger partial charge is 0.271 e. The Balaban J connectivity index is 0.964. The van der Waals surface area contributed by atoms with Crippen molar-refractivity contribution >= 4 is 41.3 Å². The van der Waals surface area contributed by atoms with Crippen molar-refractivity contribution in [2.45, 2.75) is 38.5 Å². The van der Waals surface area contributed by atoms with Gasteiger partial charge in [0.05, 0.1) is 12.4 Å². The highest BCUT2D eigenvalue weighted by Gasteiger charge is 2.12. The Morgan fingerprint density at radius 3 is 1.69 bits per heavy atom. The monoisotopic (exact) mass is 565 g/mol. The Kier molecular flexibility index (Phi) is 10.2. The summed E-state index contributed by atoms with van der Waals surface area (Å²) >= 11 is 0. The molecule has 9 nitrogen and oxygen atoms in total. The zero-order valence-corrected chi connectivity index (χ0v) is 24.0. The second-order valence-electron chi connectivity index (χ2n) is 10.7. The summed E-state index contributed by atoms with van der Waals surface area (Å²) in [6.45, 7) is 5.08. The number of nitrogens with one attached hydrogen (secondary N) is 3. The van der Waals surface area contributed by atoms with Crippen molar-refractivity contribution in [1.82, 2.24) is 10.9 Å². The van der Waals surface area contributed by atoms with Crippen molar-refractivity contribution in [1.29, 1.82) is 0 Å². The molecule has 0 unspecified atom stereocenters. The molecule has 0 atom stereocenters. The van der Waals surface area contributed by atoms with E-state index < -0.39 is 0 Å². The first-order valence-electron chi connectivity index (χ1n) is 14.8. The number of carbonyl (C=O) groups is 2. The second kappa shape index (κ2) is 14.8. The van der Waals surface area contributed by atoms with E-state index in [4.69, 9.17) is 0 Å². The first-order chi connectivity index (χ1) is 20.6. The van der Waals surface area contributed by atoms with Crippen LogP contribution in [0.1, 0.15) is 60.0 Å². The molecule has 2 amide bonds. The molecule has 2 fully saturated rings. The molecule has 0 bridgehead atoms. The number of rotatable bonds is 12. The maximum Gasteiger partial charge on any atom is 0.271 e. The predicted octanol–water partition coefficient (Wildman–Crippen LogP) is 4.99. The van der Waals surface area contributed by atoms with Gasteiger partial charge in [-0.3, -0.25) is 9.59 Å². The van der Waals surface area contributed by atoms with Gasteiger partial charge in [-0.1, -0.05) is 24.3 Å². The highest BCUT2D eigenvalue weighted by molar-refractivity contribution is 5.95. The van der Waals surface area contributed by atoms with Crippen molar-refractivity contribution in [2.75, 3.05) is 47.8 Å². The van der Waals surface area contributed by atoms with Crippen LogP contribution in [0, 0.1) is 0 Å². The fraction of sp³-hybridized carbons (Fsp3) is 0.333. The average Bonchev–Trinajstić information content (AvgIpc) is 3.76. The van der Waals surface area contributed by atoms with Crippen LogP contribution in [-0.4, -0.2) is 57.0 Å². The summed E-state index contributed by atoms with van der Waals surface area (Å²) in [4.78, 5) is 29.3. The lowest BCUT2D eigenvalue weighted by Crippen LogP contribution is -2.19. The molecule has 0 radical (unpaired) electrons. The quantitative estimate of drug-likeness (QED) is 0.163. The molecule has 3 aromatic rings. The third-order valence-corrected chi connectivity index (χ3v) is 7.57. The maximum absolute atomic E-state index is 12.4. The van der Waals surface area contributed by atoms with Gasteiger partial charge in [-0.2, -0.15) is 10.2 Å². The van der Waals surface area contributed by atoms with Gasteiger partial charge in [0, 0.05) is 61.8 Å². The van der Waals surface area contributed by atoms with Gasteiger partial charge < -0.3 is 15.1 Å². The Bertz CT molecular complexity index is 1360. The number of hydrazone groups is 2. The standard InChI is InChI=1S/C33H39N7O2/c41-32(37-35-24-26-7-15-30(16-8-26)39-20-1-2-21-39)6-5-19-34-29-13-11-28(12-14-29)33(42)38-36-25-27-9-17-31(18-10-27)40-22-3-4-23-40/h7-18,24-25,34H,1-6,19-23H2,(H,37,41)(H,38,42)/b35-24+,36-25+. The fourth-order valence-corrected chi connectivity index (χ4v) is 5.18. The number of carbonyl (C=O) groups excluding carboxylic acids is 2. The van der Waals surface area contributed by atoms with Gasteiger partial charge in [0.1, 0.15) is 0 Å². The normalized spacial score (nSPS) is 15.0. The second-order valence-corrected chi connectivity index (χ2v) is 10.7. The number of nitrogens with zero attached hydrogens (tertiary/aromatic N) is 4. The molecule has 2 aliphatic rings. The van der Waals surface area contributed by atoms with Gasteiger partial charge in [0.2, 0.25) is 5.91 Å². The Morgan fingerprint density at radius 1 is 0.667 bits per heavy atom. The summed E-state index contributed by atoms with van der Waals surface area (Å²) in [5.74, 6) is -0.400. The van der Waals surface area contributed by atoms with Crippen molar-refractivity contribution in [3.63, 3.8) is 0 Å². The van der Waals surface area contributed by atoms with E-state index in [2.05, 4.69) is 60.4 Å². The van der Waals surface area contributed by atoms with Gasteiger partial charge in [0.25, 0.3) is 5.91 Å². The molecule has 3 N–H and O–H groups in total. The zero-order valence-electron chi connectivity index (χ0n) is 24.0. The summed E-state index contributed by atoms with van der Waals surface area (Å²) in [5, 5.41) is 11.5. The first-order valence-corrected chi connectivity index (χ1v) is 14.8. The molecule has 218 valence electrons. The predicted molar refractivity (Wildman–Crippen MR) is 171 cm³/mol. The first kappa shape index (κ1) is 28.9. The lowest BCUT2D eigenvalue weighted by molar-refractivity contribution is -0.121. The van der Waals surface area contributed by atoms with E-state index in [1.165, 1.54) is 37.1 Å². The SMILES string of the molecule is O=C(CCCNc1ccc(C(=O)N/N=C/c2ccc(N3CCCC3)cc2)cc1)N/N=C/c1ccc(N2CCCC2)cc1. The lowest BCUT2D eigenvalue weighted by atomic mass is 10.2. The van der Waals surface area contributed by atoms with Crippen LogP contribution >= 0.6 is 0 Å². The van der Waals surface area contributed by atoms with Crippen LogP contribution in [0.2, 0.25) is 0 Å². The molecule has 0 aromatic heterocycles. The van der Waals surface area contributed by atoms with Gasteiger partial charge >= 0.3 is 0 Å². The van der Waals surface area contributed by atoms with E-state index in [1.807, 2.05) is 36.4 Å². The molecular weight excluding hydrogens is 526 g/mol. The van der Waals surface area contributed by atoms with E-state index in [1.54, 1.807) is 24.6 Å². The molecule has 3 aromatic carbocycles. The minimum absolute atomic E-state index is 0.128. The van der Waals surface area contributed by atoms with Crippen LogP contribution in [0.4, 0.5) is 17.1 Å². The topological polar surface area (TPSA) is 101 Å². The van der Waals surface area contributed by atoms with Crippen LogP contribution in [0.3, 0.4) is 0 Å². The Hall–Kier alpha value is -4.66. The molecule has 9 heteroatoms. The maximum atomic E-state index is 12.4. The van der Waals surface area contributed by atoms with Crippen molar-refractivity contribution < 1.29 is 9.59 Å². The van der Waals surface area contributed by atoms with E-state index in [-0.39, 0.29) is 11.8 Å². The highest BCUT2D eigenvalue weighted by Crippen LogP contribution is 2.21. The van der Waals surface area contributed by atoms with Crippen molar-refractivity contribution in [3.8, 4) is 0 Å². The third-order valence-electron chi connectivity index (χ3n) is 7.57. The zero-order chi connectivity index (χ0) is 29.0. The number of anilines is 3. The molecule has 2 saturated heterocycles. The summed E-state index contributed by atoms with van der Waals surface area (Å²) in [6, 6.07) is 23.6. The largest absolute Gasteiger partial charge is 0.385 e. The Morgan fingerprint density at radius 2 is 1.17 bits per heavy atom. The number of amides is 2. The average molecular weight is 566 g/mol. The molecule has 42 heavy (non-hydrogen) atoms. The van der Waals surface area contributed by atoms with Gasteiger partial charge in [-0.05, 0) is 91.8 Å². The molecule has 2 heterocycles. The van der Waals surface area contributed by atoms with Gasteiger partial charge in [-0.15, -0.1) is 0 Å². The van der Waals surface area contributed by atoms with Crippen LogP contribution in [0.25, 0.3) is 0 Å². The van der Waals surface area contributed by atoms with Gasteiger partial charge in [0.15, 0.2) is 0 Å². The highest BCUT2D eigenvalue weighted by atomic mass is 16.2. The van der Waals surface area contributed by atoms with Crippen LogP contribution in [0.5, 0.6) is 0 Å². The fourth-order valence-electron chi connectivity index (χ4n) is 5.18. The summed E-state index contributed by atoms with van der Waals surface area (Å²) in [5.41, 5.74) is 10.9. The minimum atomic E-state index is -0.272. The van der Waals surface area contributed by atoms with E-state index in [0.29, 0.717) is 24.9 Å². The number of benzene rings is 3. The number of hydrogen-bond acceptors (Lipinski definition) is 7. The van der Waals surface area contributed by atoms with Crippen molar-refractivity contribution in [2.24, 2.45) is 10.2 Å². The molecule has 0 spiro atoms. The van der Waals surface area contributed by atoms with E-state index in [9.17, 15) is 9.59 Å². The van der Waals surface area contributed by atoms with E-state index in [0.717, 1.165) is 43.0 Å². The van der Waals surface area contributed by atoms with Crippen LogP contribution in [0.15, 0.2) is 83.0 Å². The van der Waals surface area contributed by atoms with E-state index >= 15 is 0 Å². The minimum Gasteiger partial charge on any atom is -0.385 e. The summed E-state index contributed by atoms with van der Waals surface area (Å²) < 4.78 is 0. The van der Waals surface area contributed by atoms with Crippen molar-refractivity contribution in [3.05, 3.63) is 89.5 Å². The summed E-state index contributed by atoms with van der Waals surface area (Å²) in [6.07, 6.45) is 9.32. The molecule has 0 aliphatic carbocycles. The molecular formula is C33H39N7O2. The Labute approximate surface area is 247 Å². The number of hydrogen-bond donors (Lipinski definition) is 3. The van der Waals surface area contributed by atoms with Gasteiger partial charge in [-0.25, -0.2) is 10.9 Å².